The minimum atomic E-state index is -0.529. The first-order chi connectivity index (χ1) is 13.0. The molecule has 8 nitrogen and oxygen atoms in total. The third-order valence-corrected chi connectivity index (χ3v) is 5.42. The van der Waals surface area contributed by atoms with Gasteiger partial charge in [-0.3, -0.25) is 20.4 Å². The molecule has 0 atom stereocenters. The summed E-state index contributed by atoms with van der Waals surface area (Å²) in [4.78, 5) is 31.8. The van der Waals surface area contributed by atoms with Crippen LogP contribution in [0, 0.1) is 6.92 Å². The number of anilines is 1. The summed E-state index contributed by atoms with van der Waals surface area (Å²) in [7, 11) is 1.45. The number of hydrazine groups is 1. The Balaban J connectivity index is 1.66. The molecule has 2 amide bonds. The normalized spacial score (nSPS) is 14.0. The molecule has 1 aromatic heterocycles. The number of ether oxygens (including phenoxy) is 2. The van der Waals surface area contributed by atoms with E-state index in [0.29, 0.717) is 34.6 Å². The highest BCUT2D eigenvalue weighted by atomic mass is 35.5. The van der Waals surface area contributed by atoms with E-state index in [-0.39, 0.29) is 5.56 Å². The summed E-state index contributed by atoms with van der Waals surface area (Å²) in [5.41, 5.74) is 5.63. The summed E-state index contributed by atoms with van der Waals surface area (Å²) in [6.07, 6.45) is 0. The lowest BCUT2D eigenvalue weighted by Gasteiger charge is -2.25. The predicted octanol–water partition coefficient (Wildman–Crippen LogP) is 2.02. The molecule has 2 heterocycles. The van der Waals surface area contributed by atoms with Gasteiger partial charge in [0.1, 0.15) is 10.6 Å². The van der Waals surface area contributed by atoms with Gasteiger partial charge in [0.2, 0.25) is 0 Å². The van der Waals surface area contributed by atoms with Gasteiger partial charge in [0, 0.05) is 18.1 Å². The number of hydrogen-bond acceptors (Lipinski definition) is 7. The summed E-state index contributed by atoms with van der Waals surface area (Å²) < 4.78 is 10.5. The van der Waals surface area contributed by atoms with Gasteiger partial charge in [0.25, 0.3) is 11.8 Å². The van der Waals surface area contributed by atoms with Crippen LogP contribution in [0.4, 0.5) is 5.13 Å². The Labute approximate surface area is 165 Å². The maximum Gasteiger partial charge on any atom is 0.281 e. The van der Waals surface area contributed by atoms with Crippen LogP contribution in [0.15, 0.2) is 18.2 Å². The lowest BCUT2D eigenvalue weighted by Crippen LogP contribution is -2.41. The molecular weight excluding hydrogens is 392 g/mol. The molecule has 0 aliphatic carbocycles. The van der Waals surface area contributed by atoms with E-state index in [1.54, 1.807) is 19.1 Å². The molecule has 0 spiro atoms. The van der Waals surface area contributed by atoms with E-state index in [0.717, 1.165) is 18.2 Å². The lowest BCUT2D eigenvalue weighted by molar-refractivity contribution is 0.0846. The molecule has 0 unspecified atom stereocenters. The van der Waals surface area contributed by atoms with Gasteiger partial charge in [0.05, 0.1) is 31.6 Å². The molecule has 2 aromatic rings. The molecule has 10 heteroatoms. The minimum Gasteiger partial charge on any atom is -0.496 e. The number of benzene rings is 1. The molecule has 1 aliphatic rings. The summed E-state index contributed by atoms with van der Waals surface area (Å²) in [6, 6.07) is 4.67. The van der Waals surface area contributed by atoms with Crippen molar-refractivity contribution >= 4 is 39.9 Å². The van der Waals surface area contributed by atoms with Crippen LogP contribution >= 0.6 is 22.9 Å². The minimum absolute atomic E-state index is 0.223. The van der Waals surface area contributed by atoms with Crippen LogP contribution in [0.2, 0.25) is 5.02 Å². The van der Waals surface area contributed by atoms with E-state index >= 15 is 0 Å². The highest BCUT2D eigenvalue weighted by Crippen LogP contribution is 2.26. The highest BCUT2D eigenvalue weighted by molar-refractivity contribution is 7.17. The van der Waals surface area contributed by atoms with Gasteiger partial charge in [-0.05, 0) is 25.1 Å². The Kier molecular flexibility index (Phi) is 6.15. The first kappa shape index (κ1) is 19.4. The number of morpholine rings is 1. The maximum absolute atomic E-state index is 12.5. The number of nitrogens with zero attached hydrogens (tertiary/aromatic N) is 2. The van der Waals surface area contributed by atoms with Crippen LogP contribution in [0.25, 0.3) is 0 Å². The van der Waals surface area contributed by atoms with Crippen LogP contribution in [-0.4, -0.2) is 50.2 Å². The molecule has 2 N–H and O–H groups in total. The number of thiazole rings is 1. The topological polar surface area (TPSA) is 92.8 Å². The van der Waals surface area contributed by atoms with Gasteiger partial charge in [-0.1, -0.05) is 22.9 Å². The second-order valence-electron chi connectivity index (χ2n) is 5.76. The number of nitrogens with one attached hydrogen (secondary N) is 2. The van der Waals surface area contributed by atoms with Gasteiger partial charge in [0.15, 0.2) is 5.13 Å². The summed E-state index contributed by atoms with van der Waals surface area (Å²) >= 11 is 7.21. The number of carbonyl (C=O) groups is 2. The van der Waals surface area contributed by atoms with Crippen molar-refractivity contribution in [1.29, 1.82) is 0 Å². The Morgan fingerprint density at radius 2 is 1.96 bits per heavy atom. The molecule has 1 saturated heterocycles. The van der Waals surface area contributed by atoms with E-state index in [1.165, 1.54) is 24.5 Å². The molecule has 1 aromatic carbocycles. The number of amides is 2. The molecular formula is C17H19ClN4O4S. The van der Waals surface area contributed by atoms with Crippen molar-refractivity contribution in [1.82, 2.24) is 15.8 Å². The fourth-order valence-corrected chi connectivity index (χ4v) is 3.76. The van der Waals surface area contributed by atoms with Crippen LogP contribution < -0.4 is 20.5 Å². The molecule has 3 rings (SSSR count). The Morgan fingerprint density at radius 1 is 1.26 bits per heavy atom. The summed E-state index contributed by atoms with van der Waals surface area (Å²) in [6.45, 7) is 4.51. The largest absolute Gasteiger partial charge is 0.496 e. The zero-order chi connectivity index (χ0) is 19.4. The van der Waals surface area contributed by atoms with Gasteiger partial charge >= 0.3 is 0 Å². The number of aromatic nitrogens is 1. The zero-order valence-electron chi connectivity index (χ0n) is 14.9. The van der Waals surface area contributed by atoms with Crippen molar-refractivity contribution < 1.29 is 19.1 Å². The van der Waals surface area contributed by atoms with Gasteiger partial charge in [-0.2, -0.15) is 0 Å². The van der Waals surface area contributed by atoms with E-state index in [4.69, 9.17) is 21.1 Å². The van der Waals surface area contributed by atoms with Crippen molar-refractivity contribution in [3.8, 4) is 5.75 Å². The number of carbonyl (C=O) groups excluding carboxylic acids is 2. The molecule has 0 radical (unpaired) electrons. The van der Waals surface area contributed by atoms with Crippen LogP contribution in [0.3, 0.4) is 0 Å². The van der Waals surface area contributed by atoms with Crippen LogP contribution in [0.1, 0.15) is 25.7 Å². The first-order valence-corrected chi connectivity index (χ1v) is 9.43. The zero-order valence-corrected chi connectivity index (χ0v) is 16.4. The number of hydrogen-bond donors (Lipinski definition) is 2. The molecule has 0 saturated carbocycles. The van der Waals surface area contributed by atoms with E-state index in [2.05, 4.69) is 20.7 Å². The number of methoxy groups -OCH3 is 1. The monoisotopic (exact) mass is 410 g/mol. The summed E-state index contributed by atoms with van der Waals surface area (Å²) in [5, 5.41) is 1.16. The van der Waals surface area contributed by atoms with Crippen molar-refractivity contribution in [2.24, 2.45) is 0 Å². The lowest BCUT2D eigenvalue weighted by atomic mass is 10.2. The van der Waals surface area contributed by atoms with Crippen molar-refractivity contribution in [3.63, 3.8) is 0 Å². The maximum atomic E-state index is 12.5. The second-order valence-corrected chi connectivity index (χ2v) is 7.18. The SMILES string of the molecule is COc1ccc(Cl)cc1C(=O)NNC(=O)c1sc(N2CCOCC2)nc1C. The standard InChI is InChI=1S/C17H19ClN4O4S/c1-10-14(27-17(19-10)22-5-7-26-8-6-22)16(24)21-20-15(23)12-9-11(18)3-4-13(12)25-2/h3-4,9H,5-8H2,1-2H3,(H,20,23)(H,21,24). The number of halogens is 1. The van der Waals surface area contributed by atoms with Crippen molar-refractivity contribution in [2.45, 2.75) is 6.92 Å². The van der Waals surface area contributed by atoms with Crippen LogP contribution in [0.5, 0.6) is 5.75 Å². The van der Waals surface area contributed by atoms with Crippen molar-refractivity contribution in [2.75, 3.05) is 38.3 Å². The third kappa shape index (κ3) is 4.49. The Morgan fingerprint density at radius 3 is 2.67 bits per heavy atom. The molecule has 27 heavy (non-hydrogen) atoms. The fourth-order valence-electron chi connectivity index (χ4n) is 2.58. The van der Waals surface area contributed by atoms with E-state index in [1.807, 2.05) is 0 Å². The molecule has 1 aliphatic heterocycles. The molecule has 1 fully saturated rings. The average molecular weight is 411 g/mol. The predicted molar refractivity (Wildman–Crippen MR) is 103 cm³/mol. The molecule has 0 bridgehead atoms. The van der Waals surface area contributed by atoms with Gasteiger partial charge in [-0.15, -0.1) is 0 Å². The fraction of sp³-hybridized carbons (Fsp3) is 0.353. The second kappa shape index (κ2) is 8.55. The Hall–Kier alpha value is -2.36. The molecule has 144 valence electrons. The number of aryl methyl sites for hydroxylation is 1. The Bertz CT molecular complexity index is 851. The first-order valence-electron chi connectivity index (χ1n) is 8.24. The summed E-state index contributed by atoms with van der Waals surface area (Å²) in [5.74, 6) is -0.605. The van der Waals surface area contributed by atoms with Crippen LogP contribution in [-0.2, 0) is 4.74 Å². The van der Waals surface area contributed by atoms with E-state index < -0.39 is 11.8 Å². The quantitative estimate of drug-likeness (QED) is 0.749. The van der Waals surface area contributed by atoms with Gasteiger partial charge in [-0.25, -0.2) is 4.98 Å². The van der Waals surface area contributed by atoms with Crippen molar-refractivity contribution in [3.05, 3.63) is 39.4 Å². The smallest absolute Gasteiger partial charge is 0.281 e. The van der Waals surface area contributed by atoms with E-state index in [9.17, 15) is 9.59 Å². The average Bonchev–Trinajstić information content (AvgIpc) is 3.08. The number of rotatable bonds is 4. The third-order valence-electron chi connectivity index (χ3n) is 3.97. The highest BCUT2D eigenvalue weighted by Gasteiger charge is 2.21. The van der Waals surface area contributed by atoms with Gasteiger partial charge < -0.3 is 14.4 Å².